The lowest BCUT2D eigenvalue weighted by Crippen LogP contribution is -2.27. The first-order chi connectivity index (χ1) is 8.66. The Kier molecular flexibility index (Phi) is 6.98. The molecule has 0 spiro atoms. The maximum absolute atomic E-state index is 11.9. The van der Waals surface area contributed by atoms with Crippen molar-refractivity contribution in [3.05, 3.63) is 33.8 Å². The van der Waals surface area contributed by atoms with Gasteiger partial charge >= 0.3 is 0 Å². The summed E-state index contributed by atoms with van der Waals surface area (Å²) in [5.41, 5.74) is 1.73. The number of carbonyl (C=O) groups is 1. The normalized spacial score (nSPS) is 10.4. The molecule has 0 saturated carbocycles. The zero-order chi connectivity index (χ0) is 13.4. The van der Waals surface area contributed by atoms with Crippen molar-refractivity contribution < 1.29 is 9.53 Å². The number of carbonyl (C=O) groups excluding carboxylic acids is 1. The van der Waals surface area contributed by atoms with Gasteiger partial charge in [0.05, 0.1) is 12.2 Å². The van der Waals surface area contributed by atoms with Crippen LogP contribution in [0.3, 0.4) is 0 Å². The smallest absolute Gasteiger partial charge is 0.252 e. The molecule has 0 heterocycles. The van der Waals surface area contributed by atoms with Crippen LogP contribution in [0.4, 0.5) is 0 Å². The van der Waals surface area contributed by atoms with Crippen LogP contribution in [0, 0.1) is 6.92 Å². The maximum atomic E-state index is 11.9. The fourth-order valence-electron chi connectivity index (χ4n) is 1.50. The molecule has 0 aromatic heterocycles. The Hall–Kier alpha value is -0.870. The molecule has 4 heteroatoms. The number of unbranched alkanes of at least 4 members (excludes halogenated alkanes) is 1. The minimum Gasteiger partial charge on any atom is -0.380 e. The molecule has 0 bridgehead atoms. The second-order valence-corrected chi connectivity index (χ2v) is 4.95. The predicted molar refractivity (Wildman–Crippen MR) is 76.9 cm³/mol. The van der Waals surface area contributed by atoms with Gasteiger partial charge in [0.2, 0.25) is 0 Å². The summed E-state index contributed by atoms with van der Waals surface area (Å²) in [5, 5.41) is 2.85. The van der Waals surface area contributed by atoms with Crippen molar-refractivity contribution in [2.24, 2.45) is 0 Å². The number of benzene rings is 1. The van der Waals surface area contributed by atoms with E-state index in [4.69, 9.17) is 4.74 Å². The van der Waals surface area contributed by atoms with E-state index >= 15 is 0 Å². The van der Waals surface area contributed by atoms with Crippen molar-refractivity contribution in [3.8, 4) is 0 Å². The molecule has 100 valence electrons. The van der Waals surface area contributed by atoms with Crippen molar-refractivity contribution >= 4 is 21.8 Å². The second-order valence-electron chi connectivity index (χ2n) is 4.16. The molecule has 3 nitrogen and oxygen atoms in total. The molecule has 0 aliphatic heterocycles. The van der Waals surface area contributed by atoms with Crippen LogP contribution >= 0.6 is 15.9 Å². The molecule has 0 atom stereocenters. The van der Waals surface area contributed by atoms with Crippen molar-refractivity contribution in [2.45, 2.75) is 26.7 Å². The van der Waals surface area contributed by atoms with Gasteiger partial charge in [0.15, 0.2) is 0 Å². The highest BCUT2D eigenvalue weighted by Crippen LogP contribution is 2.20. The van der Waals surface area contributed by atoms with E-state index in [0.29, 0.717) is 18.7 Å². The summed E-state index contributed by atoms with van der Waals surface area (Å²) < 4.78 is 6.24. The highest BCUT2D eigenvalue weighted by Gasteiger charge is 2.10. The molecule has 1 aromatic carbocycles. The highest BCUT2D eigenvalue weighted by atomic mass is 79.9. The van der Waals surface area contributed by atoms with Gasteiger partial charge in [-0.3, -0.25) is 4.79 Å². The molecule has 0 radical (unpaired) electrons. The number of aryl methyl sites for hydroxylation is 1. The summed E-state index contributed by atoms with van der Waals surface area (Å²) in [7, 11) is 0. The van der Waals surface area contributed by atoms with Gasteiger partial charge in [-0.25, -0.2) is 0 Å². The number of ether oxygens (including phenoxy) is 1. The standard InChI is InChI=1S/C14H20BrNO2/c1-3-4-9-18-10-8-16-14(17)12-7-5-6-11(2)13(12)15/h5-7H,3-4,8-10H2,1-2H3,(H,16,17). The third kappa shape index (κ3) is 4.78. The minimum atomic E-state index is -0.0651. The molecule has 18 heavy (non-hydrogen) atoms. The van der Waals surface area contributed by atoms with Gasteiger partial charge in [-0.05, 0) is 40.9 Å². The zero-order valence-electron chi connectivity index (χ0n) is 11.0. The highest BCUT2D eigenvalue weighted by molar-refractivity contribution is 9.10. The zero-order valence-corrected chi connectivity index (χ0v) is 12.5. The van der Waals surface area contributed by atoms with Crippen LogP contribution in [-0.4, -0.2) is 25.7 Å². The molecule has 0 unspecified atom stereocenters. The molecule has 0 aliphatic carbocycles. The van der Waals surface area contributed by atoms with E-state index in [1.54, 1.807) is 0 Å². The van der Waals surface area contributed by atoms with Crippen LogP contribution in [0.15, 0.2) is 22.7 Å². The predicted octanol–water partition coefficient (Wildman–Crippen LogP) is 3.30. The third-order valence-electron chi connectivity index (χ3n) is 2.61. The van der Waals surface area contributed by atoms with Gasteiger partial charge in [-0.2, -0.15) is 0 Å². The topological polar surface area (TPSA) is 38.3 Å². The average Bonchev–Trinajstić information content (AvgIpc) is 2.36. The van der Waals surface area contributed by atoms with E-state index in [1.165, 1.54) is 0 Å². The first kappa shape index (κ1) is 15.2. The summed E-state index contributed by atoms with van der Waals surface area (Å²) in [4.78, 5) is 11.9. The lowest BCUT2D eigenvalue weighted by molar-refractivity contribution is 0.0912. The van der Waals surface area contributed by atoms with Crippen LogP contribution in [0.1, 0.15) is 35.7 Å². The Morgan fingerprint density at radius 1 is 1.39 bits per heavy atom. The van der Waals surface area contributed by atoms with E-state index in [0.717, 1.165) is 29.5 Å². The average molecular weight is 314 g/mol. The minimum absolute atomic E-state index is 0.0651. The third-order valence-corrected chi connectivity index (χ3v) is 3.66. The lowest BCUT2D eigenvalue weighted by Gasteiger charge is -2.08. The molecule has 0 fully saturated rings. The van der Waals surface area contributed by atoms with Crippen molar-refractivity contribution in [1.82, 2.24) is 5.32 Å². The molecule has 1 rings (SSSR count). The van der Waals surface area contributed by atoms with Crippen molar-refractivity contribution in [1.29, 1.82) is 0 Å². The van der Waals surface area contributed by atoms with Gasteiger partial charge in [-0.1, -0.05) is 25.5 Å². The molecule has 1 N–H and O–H groups in total. The van der Waals surface area contributed by atoms with E-state index < -0.39 is 0 Å². The first-order valence-electron chi connectivity index (χ1n) is 6.28. The fraction of sp³-hybridized carbons (Fsp3) is 0.500. The molecular formula is C14H20BrNO2. The Bertz CT molecular complexity index is 393. The quantitative estimate of drug-likeness (QED) is 0.784. The summed E-state index contributed by atoms with van der Waals surface area (Å²) in [6, 6.07) is 5.66. The largest absolute Gasteiger partial charge is 0.380 e. The Labute approximate surface area is 117 Å². The number of halogens is 1. The van der Waals surface area contributed by atoms with Gasteiger partial charge in [0.25, 0.3) is 5.91 Å². The lowest BCUT2D eigenvalue weighted by atomic mass is 10.1. The number of hydrogen-bond acceptors (Lipinski definition) is 2. The number of hydrogen-bond donors (Lipinski definition) is 1. The maximum Gasteiger partial charge on any atom is 0.252 e. The Balaban J connectivity index is 2.35. The van der Waals surface area contributed by atoms with E-state index in [2.05, 4.69) is 28.2 Å². The molecule has 1 amide bonds. The van der Waals surface area contributed by atoms with Crippen LogP contribution in [0.25, 0.3) is 0 Å². The first-order valence-corrected chi connectivity index (χ1v) is 7.07. The van der Waals surface area contributed by atoms with Crippen LogP contribution in [-0.2, 0) is 4.74 Å². The molecule has 0 saturated heterocycles. The molecular weight excluding hydrogens is 294 g/mol. The van der Waals surface area contributed by atoms with E-state index in [9.17, 15) is 4.79 Å². The van der Waals surface area contributed by atoms with Crippen molar-refractivity contribution in [2.75, 3.05) is 19.8 Å². The Morgan fingerprint density at radius 2 is 2.17 bits per heavy atom. The van der Waals surface area contributed by atoms with Gasteiger partial charge in [0, 0.05) is 17.6 Å². The summed E-state index contributed by atoms with van der Waals surface area (Å²) in [6.07, 6.45) is 2.19. The molecule has 1 aromatic rings. The Morgan fingerprint density at radius 3 is 2.89 bits per heavy atom. The SMILES string of the molecule is CCCCOCCNC(=O)c1cccc(C)c1Br. The van der Waals surface area contributed by atoms with Gasteiger partial charge in [0.1, 0.15) is 0 Å². The summed E-state index contributed by atoms with van der Waals surface area (Å²) in [6.45, 7) is 5.97. The fourth-order valence-corrected chi connectivity index (χ4v) is 1.95. The van der Waals surface area contributed by atoms with E-state index in [-0.39, 0.29) is 5.91 Å². The van der Waals surface area contributed by atoms with Crippen LogP contribution < -0.4 is 5.32 Å². The summed E-state index contributed by atoms with van der Waals surface area (Å²) in [5.74, 6) is -0.0651. The number of nitrogens with one attached hydrogen (secondary N) is 1. The van der Waals surface area contributed by atoms with Crippen molar-refractivity contribution in [3.63, 3.8) is 0 Å². The van der Waals surface area contributed by atoms with Crippen LogP contribution in [0.5, 0.6) is 0 Å². The number of amides is 1. The second kappa shape index (κ2) is 8.27. The van der Waals surface area contributed by atoms with Crippen LogP contribution in [0.2, 0.25) is 0 Å². The number of rotatable bonds is 7. The molecule has 0 aliphatic rings. The van der Waals surface area contributed by atoms with Gasteiger partial charge in [-0.15, -0.1) is 0 Å². The van der Waals surface area contributed by atoms with Gasteiger partial charge < -0.3 is 10.1 Å². The monoisotopic (exact) mass is 313 g/mol. The van der Waals surface area contributed by atoms with E-state index in [1.807, 2.05) is 25.1 Å². The summed E-state index contributed by atoms with van der Waals surface area (Å²) >= 11 is 3.43.